The highest BCUT2D eigenvalue weighted by atomic mass is 16.2. The molecule has 1 heterocycles. The molecule has 2 aromatic rings. The Hall–Kier alpha value is -2.17. The normalized spacial score (nSPS) is 15.7. The Morgan fingerprint density at radius 1 is 0.958 bits per heavy atom. The molecule has 0 aliphatic carbocycles. The molecule has 4 heteroatoms. The van der Waals surface area contributed by atoms with Crippen molar-refractivity contribution in [2.45, 2.75) is 13.0 Å². The van der Waals surface area contributed by atoms with E-state index in [4.69, 9.17) is 0 Å². The largest absolute Gasteiger partial charge is 0.315 e. The summed E-state index contributed by atoms with van der Waals surface area (Å²) in [6.45, 7) is 4.99. The van der Waals surface area contributed by atoms with Crippen molar-refractivity contribution in [3.05, 3.63) is 66.2 Å². The summed E-state index contributed by atoms with van der Waals surface area (Å²) in [5.41, 5.74) is 2.10. The first-order chi connectivity index (χ1) is 11.8. The number of amides is 1. The number of carbonyl (C=O) groups excluding carboxylic acids is 1. The van der Waals surface area contributed by atoms with Crippen molar-refractivity contribution in [2.24, 2.45) is 0 Å². The van der Waals surface area contributed by atoms with Crippen LogP contribution in [0.25, 0.3) is 0 Å². The Labute approximate surface area is 144 Å². The molecule has 1 amide bonds. The number of anilines is 1. The SMILES string of the molecule is O=C(CN1CCCNCC1)N(Cc1ccccc1)c1ccccc1. The number of hydrogen-bond donors (Lipinski definition) is 1. The molecule has 0 aromatic heterocycles. The predicted molar refractivity (Wildman–Crippen MR) is 98.0 cm³/mol. The molecule has 1 aliphatic heterocycles. The van der Waals surface area contributed by atoms with Gasteiger partial charge in [-0.25, -0.2) is 0 Å². The first kappa shape index (κ1) is 16.7. The molecule has 1 aliphatic rings. The van der Waals surface area contributed by atoms with Gasteiger partial charge in [-0.3, -0.25) is 9.69 Å². The van der Waals surface area contributed by atoms with Crippen molar-refractivity contribution in [3.63, 3.8) is 0 Å². The molecule has 0 spiro atoms. The summed E-state index contributed by atoms with van der Waals surface area (Å²) in [4.78, 5) is 17.1. The number of carbonyl (C=O) groups is 1. The monoisotopic (exact) mass is 323 g/mol. The number of rotatable bonds is 5. The fourth-order valence-corrected chi connectivity index (χ4v) is 3.03. The summed E-state index contributed by atoms with van der Waals surface area (Å²) in [5, 5.41) is 3.38. The first-order valence-corrected chi connectivity index (χ1v) is 8.65. The van der Waals surface area contributed by atoms with Gasteiger partial charge >= 0.3 is 0 Å². The van der Waals surface area contributed by atoms with E-state index in [0.717, 1.165) is 43.9 Å². The lowest BCUT2D eigenvalue weighted by Gasteiger charge is -2.27. The van der Waals surface area contributed by atoms with E-state index in [1.54, 1.807) is 0 Å². The molecule has 1 fully saturated rings. The second kappa shape index (κ2) is 8.62. The molecule has 0 unspecified atom stereocenters. The van der Waals surface area contributed by atoms with Gasteiger partial charge in [0.1, 0.15) is 0 Å². The highest BCUT2D eigenvalue weighted by Crippen LogP contribution is 2.17. The van der Waals surface area contributed by atoms with Crippen molar-refractivity contribution >= 4 is 11.6 Å². The minimum atomic E-state index is 0.159. The lowest BCUT2D eigenvalue weighted by atomic mass is 10.2. The molecule has 0 radical (unpaired) electrons. The van der Waals surface area contributed by atoms with E-state index in [1.807, 2.05) is 53.4 Å². The zero-order chi connectivity index (χ0) is 16.6. The lowest BCUT2D eigenvalue weighted by molar-refractivity contribution is -0.119. The molecular formula is C20H25N3O. The van der Waals surface area contributed by atoms with Gasteiger partial charge in [-0.2, -0.15) is 0 Å². The number of para-hydroxylation sites is 1. The summed E-state index contributed by atoms with van der Waals surface area (Å²) >= 11 is 0. The van der Waals surface area contributed by atoms with Crippen LogP contribution in [0, 0.1) is 0 Å². The maximum absolute atomic E-state index is 13.0. The van der Waals surface area contributed by atoms with Crippen LogP contribution < -0.4 is 10.2 Å². The van der Waals surface area contributed by atoms with E-state index in [-0.39, 0.29) is 5.91 Å². The number of hydrogen-bond acceptors (Lipinski definition) is 3. The van der Waals surface area contributed by atoms with Gasteiger partial charge in [0, 0.05) is 18.8 Å². The van der Waals surface area contributed by atoms with E-state index in [1.165, 1.54) is 0 Å². The smallest absolute Gasteiger partial charge is 0.241 e. The minimum Gasteiger partial charge on any atom is -0.315 e. The molecule has 1 N–H and O–H groups in total. The average Bonchev–Trinajstić information content (AvgIpc) is 2.90. The van der Waals surface area contributed by atoms with E-state index in [2.05, 4.69) is 22.3 Å². The third-order valence-electron chi connectivity index (χ3n) is 4.34. The van der Waals surface area contributed by atoms with Gasteiger partial charge in [0.25, 0.3) is 0 Å². The van der Waals surface area contributed by atoms with Crippen molar-refractivity contribution < 1.29 is 4.79 Å². The third-order valence-corrected chi connectivity index (χ3v) is 4.34. The van der Waals surface area contributed by atoms with Crippen molar-refractivity contribution in [1.29, 1.82) is 0 Å². The zero-order valence-electron chi connectivity index (χ0n) is 14.0. The Bertz CT molecular complexity index is 622. The number of nitrogens with one attached hydrogen (secondary N) is 1. The van der Waals surface area contributed by atoms with Crippen molar-refractivity contribution in [2.75, 3.05) is 37.6 Å². The standard InChI is InChI=1S/C20H25N3O/c24-20(17-22-14-7-12-21-13-15-22)23(19-10-5-2-6-11-19)16-18-8-3-1-4-9-18/h1-6,8-11,21H,7,12-17H2. The maximum atomic E-state index is 13.0. The van der Waals surface area contributed by atoms with E-state index in [9.17, 15) is 4.79 Å². The number of nitrogens with zero attached hydrogens (tertiary/aromatic N) is 2. The summed E-state index contributed by atoms with van der Waals surface area (Å²) in [6.07, 6.45) is 1.09. The van der Waals surface area contributed by atoms with Crippen LogP contribution in [0.15, 0.2) is 60.7 Å². The highest BCUT2D eigenvalue weighted by Gasteiger charge is 2.20. The summed E-state index contributed by atoms with van der Waals surface area (Å²) in [6, 6.07) is 20.1. The molecule has 4 nitrogen and oxygen atoms in total. The van der Waals surface area contributed by atoms with Gasteiger partial charge in [0.05, 0.1) is 13.1 Å². The van der Waals surface area contributed by atoms with Crippen LogP contribution >= 0.6 is 0 Å². The topological polar surface area (TPSA) is 35.6 Å². The van der Waals surface area contributed by atoms with Crippen LogP contribution in [0.2, 0.25) is 0 Å². The van der Waals surface area contributed by atoms with E-state index in [0.29, 0.717) is 13.1 Å². The second-order valence-electron chi connectivity index (χ2n) is 6.18. The molecule has 126 valence electrons. The molecular weight excluding hydrogens is 298 g/mol. The van der Waals surface area contributed by atoms with Crippen LogP contribution in [-0.4, -0.2) is 43.5 Å². The Kier molecular flexibility index (Phi) is 5.99. The Morgan fingerprint density at radius 2 is 1.67 bits per heavy atom. The van der Waals surface area contributed by atoms with Gasteiger partial charge in [-0.1, -0.05) is 48.5 Å². The summed E-state index contributed by atoms with van der Waals surface area (Å²) in [5.74, 6) is 0.159. The van der Waals surface area contributed by atoms with Crippen LogP contribution in [0.5, 0.6) is 0 Å². The van der Waals surface area contributed by atoms with Gasteiger partial charge in [-0.15, -0.1) is 0 Å². The number of benzene rings is 2. The highest BCUT2D eigenvalue weighted by molar-refractivity contribution is 5.94. The van der Waals surface area contributed by atoms with Gasteiger partial charge in [0.2, 0.25) is 5.91 Å². The second-order valence-corrected chi connectivity index (χ2v) is 6.18. The van der Waals surface area contributed by atoms with Crippen molar-refractivity contribution in [1.82, 2.24) is 10.2 Å². The zero-order valence-corrected chi connectivity index (χ0v) is 14.0. The van der Waals surface area contributed by atoms with E-state index < -0.39 is 0 Å². The van der Waals surface area contributed by atoms with Crippen LogP contribution in [0.1, 0.15) is 12.0 Å². The minimum absolute atomic E-state index is 0.159. The van der Waals surface area contributed by atoms with Crippen LogP contribution in [-0.2, 0) is 11.3 Å². The molecule has 3 rings (SSSR count). The van der Waals surface area contributed by atoms with Crippen LogP contribution in [0.4, 0.5) is 5.69 Å². The Morgan fingerprint density at radius 3 is 2.42 bits per heavy atom. The van der Waals surface area contributed by atoms with Crippen LogP contribution in [0.3, 0.4) is 0 Å². The quantitative estimate of drug-likeness (QED) is 0.918. The summed E-state index contributed by atoms with van der Waals surface area (Å²) in [7, 11) is 0. The van der Waals surface area contributed by atoms with E-state index >= 15 is 0 Å². The molecule has 24 heavy (non-hydrogen) atoms. The van der Waals surface area contributed by atoms with Gasteiger partial charge < -0.3 is 10.2 Å². The van der Waals surface area contributed by atoms with Gasteiger partial charge in [-0.05, 0) is 37.2 Å². The third kappa shape index (κ3) is 4.66. The molecule has 0 atom stereocenters. The molecule has 1 saturated heterocycles. The van der Waals surface area contributed by atoms with Gasteiger partial charge in [0.15, 0.2) is 0 Å². The maximum Gasteiger partial charge on any atom is 0.241 e. The first-order valence-electron chi connectivity index (χ1n) is 8.65. The summed E-state index contributed by atoms with van der Waals surface area (Å²) < 4.78 is 0. The molecule has 0 saturated carbocycles. The average molecular weight is 323 g/mol. The van der Waals surface area contributed by atoms with Crippen molar-refractivity contribution in [3.8, 4) is 0 Å². The Balaban J connectivity index is 1.74. The lowest BCUT2D eigenvalue weighted by Crippen LogP contribution is -2.41. The predicted octanol–water partition coefficient (Wildman–Crippen LogP) is 2.52. The molecule has 0 bridgehead atoms. The molecule has 2 aromatic carbocycles. The fraction of sp³-hybridized carbons (Fsp3) is 0.350. The fourth-order valence-electron chi connectivity index (χ4n) is 3.03.